The van der Waals surface area contributed by atoms with Crippen LogP contribution < -0.4 is 5.32 Å². The van der Waals surface area contributed by atoms with Gasteiger partial charge in [-0.2, -0.15) is 0 Å². The second kappa shape index (κ2) is 9.54. The number of halogens is 1. The van der Waals surface area contributed by atoms with Gasteiger partial charge in [-0.25, -0.2) is 14.8 Å². The monoisotopic (exact) mass is 427 g/mol. The molecule has 3 aromatic rings. The first kappa shape index (κ1) is 21.5. The second-order valence-electron chi connectivity index (χ2n) is 7.22. The minimum atomic E-state index is -1.12. The number of nitrogens with zero attached hydrogens (tertiary/aromatic N) is 2. The first-order valence-corrected chi connectivity index (χ1v) is 9.93. The lowest BCUT2D eigenvalue weighted by atomic mass is 10.1. The van der Waals surface area contributed by atoms with E-state index in [0.717, 1.165) is 5.39 Å². The maximum Gasteiger partial charge on any atom is 0.336 e. The zero-order chi connectivity index (χ0) is 21.7. The zero-order valence-electron chi connectivity index (χ0n) is 16.6. The SMILES string of the molecule is CC(C)CCC(=O)OC(Nc1ccc2ccc(Cl)nc2n1)c1ccccc1C(=O)O. The van der Waals surface area contributed by atoms with Crippen molar-refractivity contribution < 1.29 is 19.4 Å². The molecule has 0 radical (unpaired) electrons. The third kappa shape index (κ3) is 5.45. The number of carbonyl (C=O) groups is 2. The molecule has 0 aliphatic carbocycles. The van der Waals surface area contributed by atoms with Crippen LogP contribution in [0.15, 0.2) is 48.5 Å². The quantitative estimate of drug-likeness (QED) is 0.294. The molecule has 0 saturated carbocycles. The summed E-state index contributed by atoms with van der Waals surface area (Å²) in [6, 6.07) is 13.3. The highest BCUT2D eigenvalue weighted by molar-refractivity contribution is 6.29. The van der Waals surface area contributed by atoms with Gasteiger partial charge in [-0.15, -0.1) is 0 Å². The van der Waals surface area contributed by atoms with Gasteiger partial charge in [0.25, 0.3) is 0 Å². The Morgan fingerprint density at radius 2 is 1.83 bits per heavy atom. The average molecular weight is 428 g/mol. The molecule has 1 aromatic carbocycles. The predicted octanol–water partition coefficient (Wildman–Crippen LogP) is 5.07. The lowest BCUT2D eigenvalue weighted by Gasteiger charge is -2.22. The molecule has 0 saturated heterocycles. The van der Waals surface area contributed by atoms with E-state index in [2.05, 4.69) is 15.3 Å². The first-order chi connectivity index (χ1) is 14.3. The molecule has 7 nitrogen and oxygen atoms in total. The van der Waals surface area contributed by atoms with E-state index in [1.165, 1.54) is 6.07 Å². The number of carboxylic acids is 1. The molecule has 2 N–H and O–H groups in total. The van der Waals surface area contributed by atoms with Gasteiger partial charge in [0.1, 0.15) is 11.0 Å². The molecule has 8 heteroatoms. The van der Waals surface area contributed by atoms with Crippen molar-refractivity contribution in [3.8, 4) is 0 Å². The smallest absolute Gasteiger partial charge is 0.336 e. The summed E-state index contributed by atoms with van der Waals surface area (Å²) >= 11 is 5.95. The summed E-state index contributed by atoms with van der Waals surface area (Å²) in [5.41, 5.74) is 0.779. The van der Waals surface area contributed by atoms with Gasteiger partial charge in [0, 0.05) is 17.4 Å². The van der Waals surface area contributed by atoms with Crippen LogP contribution in [0.25, 0.3) is 11.0 Å². The topological polar surface area (TPSA) is 101 Å². The Labute approximate surface area is 179 Å². The van der Waals surface area contributed by atoms with Crippen LogP contribution in [0.2, 0.25) is 5.15 Å². The van der Waals surface area contributed by atoms with Crippen molar-refractivity contribution in [1.29, 1.82) is 0 Å². The Morgan fingerprint density at radius 1 is 1.10 bits per heavy atom. The molecule has 0 amide bonds. The standard InChI is InChI=1S/C22H22ClN3O4/c1-13(2)7-12-19(27)30-21(15-5-3-4-6-16(15)22(28)29)26-18-11-9-14-8-10-17(23)24-20(14)25-18/h3-6,8-11,13,21H,7,12H2,1-2H3,(H,28,29)(H,24,25,26). The summed E-state index contributed by atoms with van der Waals surface area (Å²) in [7, 11) is 0. The van der Waals surface area contributed by atoms with E-state index in [9.17, 15) is 14.7 Å². The average Bonchev–Trinajstić information content (AvgIpc) is 2.71. The molecule has 0 fully saturated rings. The van der Waals surface area contributed by atoms with Crippen molar-refractivity contribution in [1.82, 2.24) is 9.97 Å². The van der Waals surface area contributed by atoms with Crippen molar-refractivity contribution in [2.24, 2.45) is 5.92 Å². The van der Waals surface area contributed by atoms with E-state index in [1.54, 1.807) is 42.5 Å². The molecular weight excluding hydrogens is 406 g/mol. The molecule has 1 unspecified atom stereocenters. The third-order valence-corrected chi connectivity index (χ3v) is 4.66. The predicted molar refractivity (Wildman–Crippen MR) is 114 cm³/mol. The van der Waals surface area contributed by atoms with Crippen LogP contribution in [0.1, 0.15) is 48.8 Å². The van der Waals surface area contributed by atoms with E-state index in [-0.39, 0.29) is 12.0 Å². The van der Waals surface area contributed by atoms with Crippen LogP contribution in [-0.4, -0.2) is 27.0 Å². The third-order valence-electron chi connectivity index (χ3n) is 4.45. The molecule has 1 atom stereocenters. The lowest BCUT2D eigenvalue weighted by molar-refractivity contribution is -0.148. The highest BCUT2D eigenvalue weighted by atomic mass is 35.5. The maximum atomic E-state index is 12.4. The maximum absolute atomic E-state index is 12.4. The minimum absolute atomic E-state index is 0.0358. The summed E-state index contributed by atoms with van der Waals surface area (Å²) in [5, 5.41) is 13.7. The summed E-state index contributed by atoms with van der Waals surface area (Å²) in [5.74, 6) is -0.828. The summed E-state index contributed by atoms with van der Waals surface area (Å²) in [6.45, 7) is 4.03. The number of rotatable bonds is 8. The van der Waals surface area contributed by atoms with Crippen LogP contribution >= 0.6 is 11.6 Å². The number of anilines is 1. The van der Waals surface area contributed by atoms with Gasteiger partial charge >= 0.3 is 11.9 Å². The Bertz CT molecular complexity index is 1070. The number of hydrogen-bond donors (Lipinski definition) is 2. The number of nitrogens with one attached hydrogen (secondary N) is 1. The van der Waals surface area contributed by atoms with Gasteiger partial charge in [0.05, 0.1) is 5.56 Å². The van der Waals surface area contributed by atoms with Gasteiger partial charge < -0.3 is 15.2 Å². The van der Waals surface area contributed by atoms with E-state index in [0.29, 0.717) is 34.5 Å². The number of hydrogen-bond acceptors (Lipinski definition) is 6. The molecule has 2 aromatic heterocycles. The Kier molecular flexibility index (Phi) is 6.84. The normalized spacial score (nSPS) is 12.0. The second-order valence-corrected chi connectivity index (χ2v) is 7.60. The summed E-state index contributed by atoms with van der Waals surface area (Å²) in [6.07, 6.45) is -0.128. The van der Waals surface area contributed by atoms with Crippen molar-refractivity contribution in [3.05, 3.63) is 64.8 Å². The number of pyridine rings is 2. The molecule has 0 aliphatic heterocycles. The van der Waals surface area contributed by atoms with Gasteiger partial charge in [-0.05, 0) is 42.7 Å². The lowest BCUT2D eigenvalue weighted by Crippen LogP contribution is -2.22. The molecule has 2 heterocycles. The highest BCUT2D eigenvalue weighted by Crippen LogP contribution is 2.26. The van der Waals surface area contributed by atoms with Crippen molar-refractivity contribution in [2.45, 2.75) is 32.9 Å². The molecule has 0 aliphatic rings. The van der Waals surface area contributed by atoms with E-state index >= 15 is 0 Å². The molecule has 30 heavy (non-hydrogen) atoms. The minimum Gasteiger partial charge on any atom is -0.478 e. The van der Waals surface area contributed by atoms with Crippen LogP contribution in [0.5, 0.6) is 0 Å². The number of ether oxygens (including phenoxy) is 1. The Morgan fingerprint density at radius 3 is 2.57 bits per heavy atom. The summed E-state index contributed by atoms with van der Waals surface area (Å²) < 4.78 is 5.62. The van der Waals surface area contributed by atoms with E-state index in [1.807, 2.05) is 13.8 Å². The molecular formula is C22H22ClN3O4. The van der Waals surface area contributed by atoms with Crippen molar-refractivity contribution in [2.75, 3.05) is 5.32 Å². The van der Waals surface area contributed by atoms with Gasteiger partial charge in [-0.3, -0.25) is 4.79 Å². The fourth-order valence-corrected chi connectivity index (χ4v) is 3.02. The number of aromatic nitrogens is 2. The fourth-order valence-electron chi connectivity index (χ4n) is 2.88. The zero-order valence-corrected chi connectivity index (χ0v) is 17.4. The van der Waals surface area contributed by atoms with Crippen LogP contribution in [0, 0.1) is 5.92 Å². The number of carbonyl (C=O) groups excluding carboxylic acids is 1. The molecule has 156 valence electrons. The molecule has 0 bridgehead atoms. The van der Waals surface area contributed by atoms with Crippen LogP contribution in [0.4, 0.5) is 5.82 Å². The molecule has 0 spiro atoms. The number of aromatic carboxylic acids is 1. The van der Waals surface area contributed by atoms with Crippen molar-refractivity contribution in [3.63, 3.8) is 0 Å². The number of fused-ring (bicyclic) bond motifs is 1. The molecule has 3 rings (SSSR count). The van der Waals surface area contributed by atoms with Crippen LogP contribution in [0.3, 0.4) is 0 Å². The van der Waals surface area contributed by atoms with Crippen molar-refractivity contribution >= 4 is 40.4 Å². The van der Waals surface area contributed by atoms with Crippen LogP contribution in [-0.2, 0) is 9.53 Å². The highest BCUT2D eigenvalue weighted by Gasteiger charge is 2.23. The van der Waals surface area contributed by atoms with E-state index in [4.69, 9.17) is 16.3 Å². The number of carboxylic acid groups (broad SMARTS) is 1. The Balaban J connectivity index is 1.93. The van der Waals surface area contributed by atoms with Gasteiger partial charge in [0.15, 0.2) is 5.65 Å². The number of benzene rings is 1. The van der Waals surface area contributed by atoms with E-state index < -0.39 is 18.2 Å². The summed E-state index contributed by atoms with van der Waals surface area (Å²) in [4.78, 5) is 32.7. The number of esters is 1. The van der Waals surface area contributed by atoms with Gasteiger partial charge in [-0.1, -0.05) is 43.6 Å². The fraction of sp³-hybridized carbons (Fsp3) is 0.273. The Hall–Kier alpha value is -3.19. The van der Waals surface area contributed by atoms with Gasteiger partial charge in [0.2, 0.25) is 6.23 Å². The first-order valence-electron chi connectivity index (χ1n) is 9.55. The largest absolute Gasteiger partial charge is 0.478 e.